The molecule has 0 fully saturated rings. The van der Waals surface area contributed by atoms with Crippen LogP contribution < -0.4 is 4.31 Å². The minimum absolute atomic E-state index is 0.0309. The van der Waals surface area contributed by atoms with Crippen molar-refractivity contribution in [2.45, 2.75) is 37.6 Å². The van der Waals surface area contributed by atoms with Gasteiger partial charge in [0, 0.05) is 36.9 Å². The van der Waals surface area contributed by atoms with Crippen molar-refractivity contribution < 1.29 is 21.2 Å². The summed E-state index contributed by atoms with van der Waals surface area (Å²) in [6, 6.07) is 10.2. The third-order valence-corrected chi connectivity index (χ3v) is 8.38. The van der Waals surface area contributed by atoms with E-state index in [1.165, 1.54) is 18.2 Å². The number of hydrogen-bond donors (Lipinski definition) is 0. The zero-order chi connectivity index (χ0) is 25.5. The third-order valence-electron chi connectivity index (χ3n) is 5.05. The summed E-state index contributed by atoms with van der Waals surface area (Å²) in [6.45, 7) is 5.08. The summed E-state index contributed by atoms with van der Waals surface area (Å²) in [5, 5.41) is 8.01. The summed E-state index contributed by atoms with van der Waals surface area (Å²) < 4.78 is 68.0. The number of hydrogen-bond acceptors (Lipinski definition) is 6. The molecule has 2 aromatic carbocycles. The Morgan fingerprint density at radius 3 is 2.24 bits per heavy atom. The highest BCUT2D eigenvalue weighted by molar-refractivity contribution is 7.93. The van der Waals surface area contributed by atoms with Crippen molar-refractivity contribution in [1.82, 2.24) is 14.8 Å². The largest absolute Gasteiger partial charge is 0.314 e. The lowest BCUT2D eigenvalue weighted by Gasteiger charge is -2.37. The maximum absolute atomic E-state index is 14.7. The van der Waals surface area contributed by atoms with Gasteiger partial charge in [-0.2, -0.15) is 0 Å². The molecule has 0 spiro atoms. The molecule has 3 aromatic rings. The molecule has 1 aromatic heterocycles. The Balaban J connectivity index is 2.25. The van der Waals surface area contributed by atoms with Crippen molar-refractivity contribution in [2.75, 3.05) is 16.3 Å². The first-order chi connectivity index (χ1) is 15.6. The van der Waals surface area contributed by atoms with Gasteiger partial charge >= 0.3 is 0 Å². The molecule has 34 heavy (non-hydrogen) atoms. The molecule has 8 nitrogen and oxygen atoms in total. The summed E-state index contributed by atoms with van der Waals surface area (Å²) in [4.78, 5) is 0.0399. The van der Waals surface area contributed by atoms with E-state index in [-0.39, 0.29) is 39.2 Å². The predicted molar refractivity (Wildman–Crippen MR) is 131 cm³/mol. The average Bonchev–Trinajstić information content (AvgIpc) is 3.08. The molecule has 3 rings (SSSR count). The topological polar surface area (TPSA) is 102 Å². The molecule has 0 aliphatic carbocycles. The molecule has 0 amide bonds. The Kier molecular flexibility index (Phi) is 7.12. The Bertz CT molecular complexity index is 1420. The number of rotatable bonds is 7. The van der Waals surface area contributed by atoms with Crippen LogP contribution in [0.5, 0.6) is 0 Å². The Hall–Kier alpha value is -2.50. The van der Waals surface area contributed by atoms with Crippen LogP contribution in [0.1, 0.15) is 26.6 Å². The average molecular weight is 529 g/mol. The highest BCUT2D eigenvalue weighted by Gasteiger charge is 2.37. The molecule has 0 saturated heterocycles. The standard InChI is InChI=1S/C22H26ClFN4O4S2/c1-22(2,3)28(34(31,32)15-9-7-6-8-10-15)19-14-18(24)17(23)13-16(19)21-26-25-20(27(21)4)11-12-33(5,29)30/h6-10,13-14H,11-12H2,1-5H3. The highest BCUT2D eigenvalue weighted by atomic mass is 35.5. The third kappa shape index (κ3) is 5.42. The van der Waals surface area contributed by atoms with E-state index < -0.39 is 31.2 Å². The fourth-order valence-corrected chi connectivity index (χ4v) is 6.08. The number of benzene rings is 2. The number of halogens is 2. The van der Waals surface area contributed by atoms with Crippen LogP contribution in [0.2, 0.25) is 5.02 Å². The van der Waals surface area contributed by atoms with Gasteiger partial charge in [-0.3, -0.25) is 4.31 Å². The van der Waals surface area contributed by atoms with Crippen LogP contribution in [0.15, 0.2) is 47.4 Å². The molecule has 0 N–H and O–H groups in total. The van der Waals surface area contributed by atoms with Crippen molar-refractivity contribution in [2.24, 2.45) is 7.05 Å². The lowest BCUT2D eigenvalue weighted by atomic mass is 10.1. The molecule has 0 saturated carbocycles. The molecule has 0 bridgehead atoms. The second-order valence-corrected chi connectivity index (χ2v) is 13.4. The van der Waals surface area contributed by atoms with Crippen molar-refractivity contribution in [1.29, 1.82) is 0 Å². The lowest BCUT2D eigenvalue weighted by Crippen LogP contribution is -2.46. The van der Waals surface area contributed by atoms with E-state index in [4.69, 9.17) is 11.6 Å². The molecule has 0 atom stereocenters. The highest BCUT2D eigenvalue weighted by Crippen LogP contribution is 2.40. The van der Waals surface area contributed by atoms with Gasteiger partial charge < -0.3 is 4.57 Å². The maximum atomic E-state index is 14.7. The Morgan fingerprint density at radius 1 is 1.06 bits per heavy atom. The molecule has 0 aliphatic rings. The first kappa shape index (κ1) is 26.1. The number of nitrogens with zero attached hydrogens (tertiary/aromatic N) is 4. The van der Waals surface area contributed by atoms with Gasteiger partial charge in [-0.1, -0.05) is 29.8 Å². The maximum Gasteiger partial charge on any atom is 0.264 e. The molecule has 0 unspecified atom stereocenters. The smallest absolute Gasteiger partial charge is 0.264 e. The van der Waals surface area contributed by atoms with Crippen LogP contribution in [0.4, 0.5) is 10.1 Å². The molecule has 0 radical (unpaired) electrons. The van der Waals surface area contributed by atoms with E-state index in [0.717, 1.165) is 16.6 Å². The van der Waals surface area contributed by atoms with Gasteiger partial charge in [-0.25, -0.2) is 21.2 Å². The van der Waals surface area contributed by atoms with Crippen molar-refractivity contribution in [3.63, 3.8) is 0 Å². The van der Waals surface area contributed by atoms with Gasteiger partial charge in [0.2, 0.25) is 0 Å². The summed E-state index contributed by atoms with van der Waals surface area (Å²) >= 11 is 6.09. The van der Waals surface area contributed by atoms with Crippen molar-refractivity contribution in [3.05, 3.63) is 59.1 Å². The second-order valence-electron chi connectivity index (χ2n) is 8.92. The monoisotopic (exact) mass is 528 g/mol. The summed E-state index contributed by atoms with van der Waals surface area (Å²) in [7, 11) is -5.73. The van der Waals surface area contributed by atoms with Gasteiger partial charge in [0.25, 0.3) is 10.0 Å². The van der Waals surface area contributed by atoms with Crippen molar-refractivity contribution >= 4 is 37.1 Å². The summed E-state index contributed by atoms with van der Waals surface area (Å²) in [6.07, 6.45) is 1.23. The summed E-state index contributed by atoms with van der Waals surface area (Å²) in [5.74, 6) is -0.331. The van der Waals surface area contributed by atoms with Crippen LogP contribution in [0.25, 0.3) is 11.4 Å². The zero-order valence-electron chi connectivity index (χ0n) is 19.4. The fraction of sp³-hybridized carbons (Fsp3) is 0.364. The van der Waals surface area contributed by atoms with Crippen LogP contribution in [0, 0.1) is 5.82 Å². The first-order valence-electron chi connectivity index (χ1n) is 10.3. The van der Waals surface area contributed by atoms with E-state index >= 15 is 0 Å². The van der Waals surface area contributed by atoms with E-state index in [1.807, 2.05) is 0 Å². The minimum Gasteiger partial charge on any atom is -0.314 e. The van der Waals surface area contributed by atoms with Gasteiger partial charge in [0.1, 0.15) is 21.5 Å². The Morgan fingerprint density at radius 2 is 1.68 bits per heavy atom. The van der Waals surface area contributed by atoms with Gasteiger partial charge in [-0.05, 0) is 39.0 Å². The number of aryl methyl sites for hydroxylation is 1. The Labute approximate surface area is 204 Å². The fourth-order valence-electron chi connectivity index (χ4n) is 3.52. The molecule has 1 heterocycles. The van der Waals surface area contributed by atoms with E-state index in [0.29, 0.717) is 5.82 Å². The van der Waals surface area contributed by atoms with Gasteiger partial charge in [0.05, 0.1) is 21.4 Å². The van der Waals surface area contributed by atoms with Crippen LogP contribution in [-0.2, 0) is 33.3 Å². The van der Waals surface area contributed by atoms with Crippen LogP contribution in [0.3, 0.4) is 0 Å². The van der Waals surface area contributed by atoms with Crippen LogP contribution >= 0.6 is 11.6 Å². The van der Waals surface area contributed by atoms with Crippen LogP contribution in [-0.4, -0.2) is 49.1 Å². The van der Waals surface area contributed by atoms with Gasteiger partial charge in [0.15, 0.2) is 5.82 Å². The number of aromatic nitrogens is 3. The van der Waals surface area contributed by atoms with Crippen molar-refractivity contribution in [3.8, 4) is 11.4 Å². The molecule has 12 heteroatoms. The quantitative estimate of drug-likeness (QED) is 0.461. The zero-order valence-corrected chi connectivity index (χ0v) is 21.8. The van der Waals surface area contributed by atoms with Gasteiger partial charge in [-0.15, -0.1) is 10.2 Å². The lowest BCUT2D eigenvalue weighted by molar-refractivity contribution is 0.534. The predicted octanol–water partition coefficient (Wildman–Crippen LogP) is 3.86. The summed E-state index contributed by atoms with van der Waals surface area (Å²) in [5.41, 5.74) is -0.730. The molecular formula is C22H26ClFN4O4S2. The normalized spacial score (nSPS) is 12.7. The number of anilines is 1. The number of sulfonamides is 1. The molecule has 0 aliphatic heterocycles. The molecule has 184 valence electrons. The number of sulfone groups is 1. The van der Waals surface area contributed by atoms with E-state index in [9.17, 15) is 21.2 Å². The van der Waals surface area contributed by atoms with E-state index in [1.54, 1.807) is 50.6 Å². The SMILES string of the molecule is Cn1c(CCS(C)(=O)=O)nnc1-c1cc(Cl)c(F)cc1N(C(C)(C)C)S(=O)(=O)c1ccccc1. The van der Waals surface area contributed by atoms with E-state index in [2.05, 4.69) is 10.2 Å². The minimum atomic E-state index is -4.12. The second kappa shape index (κ2) is 9.27. The first-order valence-corrected chi connectivity index (χ1v) is 14.2. The molecular weight excluding hydrogens is 503 g/mol.